The number of rotatable bonds is 4. The van der Waals surface area contributed by atoms with E-state index >= 15 is 0 Å². The van der Waals surface area contributed by atoms with Gasteiger partial charge in [-0.3, -0.25) is 0 Å². The molecular formula is C33H46OSi. The molecule has 8 atom stereocenters. The number of fused-ring (bicyclic) bond motifs is 3. The molecule has 0 bridgehead atoms. The van der Waals surface area contributed by atoms with Crippen molar-refractivity contribution in [3.05, 3.63) is 72.3 Å². The molecule has 2 heteroatoms. The third kappa shape index (κ3) is 3.82. The molecule has 1 N–H and O–H groups in total. The minimum Gasteiger partial charge on any atom is -0.424 e. The van der Waals surface area contributed by atoms with Crippen LogP contribution in [0.25, 0.3) is 0 Å². The summed E-state index contributed by atoms with van der Waals surface area (Å²) < 4.78 is 0. The number of hydrogen-bond acceptors (Lipinski definition) is 1. The Balaban J connectivity index is 1.61. The molecule has 35 heavy (non-hydrogen) atoms. The van der Waals surface area contributed by atoms with Crippen molar-refractivity contribution in [3.8, 4) is 0 Å². The third-order valence-corrected chi connectivity index (χ3v) is 15.5. The number of hydrogen-bond donors (Lipinski definition) is 1. The molecule has 1 nitrogen and oxygen atoms in total. The summed E-state index contributed by atoms with van der Waals surface area (Å²) in [5.74, 6) is 6.03. The zero-order valence-electron chi connectivity index (χ0n) is 22.7. The van der Waals surface area contributed by atoms with E-state index in [0.717, 1.165) is 45.9 Å². The Morgan fingerprint density at radius 1 is 0.771 bits per heavy atom. The van der Waals surface area contributed by atoms with Crippen molar-refractivity contribution in [1.29, 1.82) is 0 Å². The summed E-state index contributed by atoms with van der Waals surface area (Å²) in [4.78, 5) is 13.0. The molecule has 3 saturated carbocycles. The standard InChI is InChI=1S/C33H46OSi/c1-7-27-30(21-29-31-23(3)19-18-22(2)28(31)20-24(4)32(27)29)33(5,6)35(34,25-14-10-8-11-15-25)26-16-12-9-13-17-26/h7-17,22-24,28-32,34H,18-21H2,1-6H3/b27-7-/t22-,23-,24-,28-,29-,30?,31+,32-/m0/s1. The molecule has 3 aliphatic rings. The van der Waals surface area contributed by atoms with E-state index in [9.17, 15) is 4.80 Å². The maximum atomic E-state index is 13.0. The summed E-state index contributed by atoms with van der Waals surface area (Å²) in [6.07, 6.45) is 7.91. The van der Waals surface area contributed by atoms with Crippen molar-refractivity contribution in [2.45, 2.75) is 72.3 Å². The van der Waals surface area contributed by atoms with Crippen LogP contribution in [0.1, 0.15) is 67.2 Å². The summed E-state index contributed by atoms with van der Waals surface area (Å²) in [6.45, 7) is 14.7. The fraction of sp³-hybridized carbons (Fsp3) is 0.576. The normalized spacial score (nSPS) is 36.6. The van der Waals surface area contributed by atoms with Crippen LogP contribution in [0, 0.1) is 47.3 Å². The van der Waals surface area contributed by atoms with Crippen LogP contribution in [-0.2, 0) is 0 Å². The van der Waals surface area contributed by atoms with E-state index in [4.69, 9.17) is 0 Å². The minimum absolute atomic E-state index is 0.215. The second-order valence-electron chi connectivity index (χ2n) is 12.9. The van der Waals surface area contributed by atoms with Gasteiger partial charge >= 0.3 is 0 Å². The summed E-state index contributed by atoms with van der Waals surface area (Å²) in [5.41, 5.74) is 1.66. The molecule has 0 heterocycles. The molecule has 188 valence electrons. The lowest BCUT2D eigenvalue weighted by Crippen LogP contribution is -2.67. The molecule has 0 spiro atoms. The summed E-state index contributed by atoms with van der Waals surface area (Å²) in [6, 6.07) is 21.3. The lowest BCUT2D eigenvalue weighted by Gasteiger charge is -2.52. The molecule has 1 unspecified atom stereocenters. The van der Waals surface area contributed by atoms with Crippen LogP contribution in [-0.4, -0.2) is 13.1 Å². The predicted molar refractivity (Wildman–Crippen MR) is 151 cm³/mol. The van der Waals surface area contributed by atoms with Gasteiger partial charge in [0.1, 0.15) is 0 Å². The van der Waals surface area contributed by atoms with Gasteiger partial charge in [0.25, 0.3) is 8.32 Å². The van der Waals surface area contributed by atoms with Gasteiger partial charge in [-0.05, 0) is 82.5 Å². The third-order valence-electron chi connectivity index (χ3n) is 11.0. The molecule has 0 radical (unpaired) electrons. The SMILES string of the molecule is C/C=C1/C(C(C)(C)[Si](O)(c2ccccc2)c2ccccc2)C[C@@H]2[C@H]1[C@@H](C)C[C@@H]1[C@H]2[C@@H](C)CC[C@@H]1C. The van der Waals surface area contributed by atoms with E-state index in [1.54, 1.807) is 5.57 Å². The largest absolute Gasteiger partial charge is 0.424 e. The van der Waals surface area contributed by atoms with Crippen LogP contribution in [0.2, 0.25) is 5.04 Å². The molecule has 0 aromatic heterocycles. The highest BCUT2D eigenvalue weighted by molar-refractivity contribution is 6.98. The second-order valence-corrected chi connectivity index (χ2v) is 16.8. The fourth-order valence-corrected chi connectivity index (χ4v) is 13.2. The Bertz CT molecular complexity index is 1000. The molecular weight excluding hydrogens is 440 g/mol. The Labute approximate surface area is 215 Å². The quantitative estimate of drug-likeness (QED) is 0.362. The average Bonchev–Trinajstić information content (AvgIpc) is 3.28. The fourth-order valence-electron chi connectivity index (χ4n) is 9.25. The van der Waals surface area contributed by atoms with E-state index in [1.807, 2.05) is 0 Å². The Hall–Kier alpha value is -1.64. The number of allylic oxidation sites excluding steroid dienone is 2. The van der Waals surface area contributed by atoms with Crippen LogP contribution in [0.4, 0.5) is 0 Å². The van der Waals surface area contributed by atoms with E-state index in [-0.39, 0.29) is 5.04 Å². The molecule has 2 aromatic carbocycles. The predicted octanol–water partition coefficient (Wildman–Crippen LogP) is 7.06. The average molecular weight is 487 g/mol. The monoisotopic (exact) mass is 486 g/mol. The molecule has 2 aromatic rings. The Morgan fingerprint density at radius 3 is 1.86 bits per heavy atom. The maximum Gasteiger partial charge on any atom is 0.258 e. The van der Waals surface area contributed by atoms with Gasteiger partial charge in [0.15, 0.2) is 0 Å². The minimum atomic E-state index is -3.05. The molecule has 5 rings (SSSR count). The van der Waals surface area contributed by atoms with Crippen molar-refractivity contribution in [1.82, 2.24) is 0 Å². The zero-order chi connectivity index (χ0) is 25.0. The van der Waals surface area contributed by atoms with Gasteiger partial charge in [0.05, 0.1) is 0 Å². The van der Waals surface area contributed by atoms with Gasteiger partial charge in [0.2, 0.25) is 0 Å². The Kier molecular flexibility index (Phi) is 6.68. The first-order chi connectivity index (χ1) is 16.7. The lowest BCUT2D eigenvalue weighted by molar-refractivity contribution is -0.0207. The van der Waals surface area contributed by atoms with E-state index in [0.29, 0.717) is 11.8 Å². The maximum absolute atomic E-state index is 13.0. The summed E-state index contributed by atoms with van der Waals surface area (Å²) >= 11 is 0. The molecule has 0 aliphatic heterocycles. The van der Waals surface area contributed by atoms with Gasteiger partial charge in [-0.25, -0.2) is 0 Å². The second kappa shape index (κ2) is 9.34. The first kappa shape index (κ1) is 25.0. The van der Waals surface area contributed by atoms with Crippen LogP contribution in [0.15, 0.2) is 72.3 Å². The Morgan fingerprint density at radius 2 is 1.31 bits per heavy atom. The first-order valence-electron chi connectivity index (χ1n) is 14.2. The molecule has 0 saturated heterocycles. The van der Waals surface area contributed by atoms with Crippen molar-refractivity contribution in [2.75, 3.05) is 0 Å². The van der Waals surface area contributed by atoms with Crippen molar-refractivity contribution < 1.29 is 4.80 Å². The first-order valence-corrected chi connectivity index (χ1v) is 16.2. The van der Waals surface area contributed by atoms with Crippen LogP contribution in [0.5, 0.6) is 0 Å². The van der Waals surface area contributed by atoms with Crippen LogP contribution in [0.3, 0.4) is 0 Å². The smallest absolute Gasteiger partial charge is 0.258 e. The molecule has 3 aliphatic carbocycles. The van der Waals surface area contributed by atoms with E-state index in [2.05, 4.69) is 108 Å². The highest BCUT2D eigenvalue weighted by atomic mass is 28.4. The van der Waals surface area contributed by atoms with Crippen molar-refractivity contribution >= 4 is 18.7 Å². The van der Waals surface area contributed by atoms with Crippen LogP contribution < -0.4 is 10.4 Å². The molecule has 0 amide bonds. The van der Waals surface area contributed by atoms with Crippen molar-refractivity contribution in [2.24, 2.45) is 47.3 Å². The van der Waals surface area contributed by atoms with Gasteiger partial charge in [0, 0.05) is 0 Å². The van der Waals surface area contributed by atoms with Gasteiger partial charge in [-0.15, -0.1) is 0 Å². The lowest BCUT2D eigenvalue weighted by atomic mass is 9.53. The summed E-state index contributed by atoms with van der Waals surface area (Å²) in [7, 11) is -3.05. The highest BCUT2D eigenvalue weighted by Gasteiger charge is 2.61. The molecule has 3 fully saturated rings. The topological polar surface area (TPSA) is 20.2 Å². The zero-order valence-corrected chi connectivity index (χ0v) is 23.7. The van der Waals surface area contributed by atoms with Gasteiger partial charge in [-0.2, -0.15) is 0 Å². The van der Waals surface area contributed by atoms with Crippen molar-refractivity contribution in [3.63, 3.8) is 0 Å². The van der Waals surface area contributed by atoms with E-state index in [1.165, 1.54) is 25.7 Å². The number of benzene rings is 2. The van der Waals surface area contributed by atoms with Crippen LogP contribution >= 0.6 is 0 Å². The summed E-state index contributed by atoms with van der Waals surface area (Å²) in [5, 5.41) is 2.08. The van der Waals surface area contributed by atoms with Gasteiger partial charge in [-0.1, -0.05) is 120 Å². The van der Waals surface area contributed by atoms with Gasteiger partial charge < -0.3 is 4.80 Å². The highest BCUT2D eigenvalue weighted by Crippen LogP contribution is 2.65. The van der Waals surface area contributed by atoms with E-state index < -0.39 is 8.32 Å².